The number of amides is 2. The Hall–Kier alpha value is -3.10. The van der Waals surface area contributed by atoms with Gasteiger partial charge in [0, 0.05) is 18.1 Å². The summed E-state index contributed by atoms with van der Waals surface area (Å²) in [5.41, 5.74) is 1.66. The van der Waals surface area contributed by atoms with E-state index in [0.717, 1.165) is 11.1 Å². The zero-order valence-corrected chi connectivity index (χ0v) is 27.0. The highest BCUT2D eigenvalue weighted by Crippen LogP contribution is 2.18. The van der Waals surface area contributed by atoms with Crippen LogP contribution in [0.2, 0.25) is 0 Å². The van der Waals surface area contributed by atoms with E-state index in [1.807, 2.05) is 74.5 Å². The topological polar surface area (TPSA) is 184 Å². The predicted octanol–water partition coefficient (Wildman–Crippen LogP) is 6.07. The van der Waals surface area contributed by atoms with E-state index in [1.165, 1.54) is 0 Å². The van der Waals surface area contributed by atoms with Gasteiger partial charge in [0.25, 0.3) is 0 Å². The van der Waals surface area contributed by atoms with E-state index in [2.05, 4.69) is 15.3 Å². The Morgan fingerprint density at radius 3 is 1.58 bits per heavy atom. The van der Waals surface area contributed by atoms with Crippen LogP contribution in [0.4, 0.5) is 9.59 Å². The molecule has 5 N–H and O–H groups in total. The molecule has 0 aliphatic rings. The van der Waals surface area contributed by atoms with Crippen LogP contribution in [0.15, 0.2) is 82.0 Å². The molecule has 0 aliphatic heterocycles. The summed E-state index contributed by atoms with van der Waals surface area (Å²) in [7, 11) is -6.20. The molecule has 0 aliphatic carbocycles. The largest absolute Gasteiger partial charge is 0.443 e. The summed E-state index contributed by atoms with van der Waals surface area (Å²) in [6.45, 7) is 10.9. The Labute approximate surface area is 256 Å². The molecule has 43 heavy (non-hydrogen) atoms. The predicted molar refractivity (Wildman–Crippen MR) is 171 cm³/mol. The Kier molecular flexibility index (Phi) is 17.0. The molecular weight excluding hydrogens is 592 g/mol. The Morgan fingerprint density at radius 1 is 0.814 bits per heavy atom. The number of nitrogens with zero attached hydrogens (tertiary/aromatic N) is 2. The highest BCUT2D eigenvalue weighted by molar-refractivity contribution is 7.91. The number of allylic oxidation sites excluding steroid dienone is 1. The smallest absolute Gasteiger partial charge is 0.440 e. The van der Waals surface area contributed by atoms with Crippen molar-refractivity contribution in [2.24, 2.45) is 30.8 Å². The second-order valence-corrected chi connectivity index (χ2v) is 14.2. The molecule has 0 spiro atoms. The summed E-state index contributed by atoms with van der Waals surface area (Å²) >= 11 is 0. The van der Waals surface area contributed by atoms with Gasteiger partial charge in [-0.05, 0) is 56.1 Å². The lowest BCUT2D eigenvalue weighted by Crippen LogP contribution is -2.23. The van der Waals surface area contributed by atoms with Crippen molar-refractivity contribution in [3.8, 4) is 0 Å². The number of carbonyl (C=O) groups is 2. The Bertz CT molecular complexity index is 1390. The van der Waals surface area contributed by atoms with Crippen LogP contribution in [-0.2, 0) is 29.3 Å². The average Bonchev–Trinajstić information content (AvgIpc) is 2.91. The second kappa shape index (κ2) is 19.2. The molecule has 0 saturated heterocycles. The Morgan fingerprint density at radius 2 is 1.21 bits per heavy atom. The molecule has 0 bridgehead atoms. The summed E-state index contributed by atoms with van der Waals surface area (Å²) in [5.74, 6) is 0.284. The van der Waals surface area contributed by atoms with E-state index < -0.39 is 44.2 Å². The summed E-state index contributed by atoms with van der Waals surface area (Å²) in [6, 6.07) is 18.4. The van der Waals surface area contributed by atoms with Gasteiger partial charge in [0.1, 0.15) is 32.0 Å². The van der Waals surface area contributed by atoms with E-state index >= 15 is 0 Å². The zero-order valence-electron chi connectivity index (χ0n) is 25.4. The molecule has 2 rings (SSSR count). The fraction of sp³-hybridized carbons (Fsp3) is 0.467. The van der Waals surface area contributed by atoms with Crippen molar-refractivity contribution in [2.75, 3.05) is 18.1 Å². The molecule has 0 radical (unpaired) electrons. The van der Waals surface area contributed by atoms with Gasteiger partial charge in [-0.3, -0.25) is 0 Å². The van der Waals surface area contributed by atoms with E-state index in [0.29, 0.717) is 19.3 Å². The van der Waals surface area contributed by atoms with Gasteiger partial charge >= 0.3 is 12.2 Å². The highest BCUT2D eigenvalue weighted by atomic mass is 32.2. The van der Waals surface area contributed by atoms with E-state index in [1.54, 1.807) is 19.9 Å². The maximum absolute atomic E-state index is 12.1. The number of hydrogen-bond donors (Lipinski definition) is 3. The monoisotopic (exact) mass is 638 g/mol. The number of aliphatic hydroxyl groups is 1. The standard InChI is InChI=1S/C15H24N2O4S.C15H22N2O3S/c1-12(7-6-10-18)11-22(16,20)17-15(19)21-13(2)14-8-4-3-5-9-14;1-4-8-12(2)11-21(16,19)17-15(18)20-13(3)14-9-6-5-7-10-14/h3-5,8-9,12-13,18H,6-7,10-11H2,1-2H3,(H2,16,17,19,20);4-7,9-10,12-13H,1,8,11H2,2-3H3,(H2,16,17,18,19)/t12-,13-,22?;12-,13-,21?/m00/s1. The van der Waals surface area contributed by atoms with Gasteiger partial charge in [-0.25, -0.2) is 28.3 Å². The molecule has 11 nitrogen and oxygen atoms in total. The van der Waals surface area contributed by atoms with Gasteiger partial charge < -0.3 is 14.6 Å². The molecule has 0 aromatic heterocycles. The van der Waals surface area contributed by atoms with Crippen molar-refractivity contribution in [3.63, 3.8) is 0 Å². The number of benzene rings is 2. The first-order chi connectivity index (χ1) is 20.2. The van der Waals surface area contributed by atoms with Gasteiger partial charge in [-0.15, -0.1) is 15.3 Å². The van der Waals surface area contributed by atoms with Crippen molar-refractivity contribution in [1.82, 2.24) is 0 Å². The van der Waals surface area contributed by atoms with Crippen LogP contribution in [0.5, 0.6) is 0 Å². The molecule has 2 aromatic carbocycles. The van der Waals surface area contributed by atoms with Gasteiger partial charge in [0.15, 0.2) is 0 Å². The number of ether oxygens (including phenoxy) is 2. The number of rotatable bonds is 13. The number of hydrogen-bond acceptors (Lipinski definition) is 7. The molecule has 6 atom stereocenters. The first-order valence-corrected chi connectivity index (χ1v) is 17.5. The van der Waals surface area contributed by atoms with Crippen molar-refractivity contribution in [2.45, 2.75) is 59.2 Å². The van der Waals surface area contributed by atoms with Gasteiger partial charge in [-0.2, -0.15) is 0 Å². The number of aliphatic hydroxyl groups excluding tert-OH is 1. The third kappa shape index (κ3) is 17.0. The van der Waals surface area contributed by atoms with Crippen LogP contribution in [-0.4, -0.2) is 43.8 Å². The van der Waals surface area contributed by atoms with Crippen LogP contribution in [0.3, 0.4) is 0 Å². The Balaban J connectivity index is 0.000000430. The van der Waals surface area contributed by atoms with E-state index in [4.69, 9.17) is 24.9 Å². The molecule has 0 fully saturated rings. The third-order valence-corrected chi connectivity index (χ3v) is 9.03. The molecule has 2 amide bonds. The summed E-state index contributed by atoms with van der Waals surface area (Å²) in [6.07, 6.45) is 0.891. The summed E-state index contributed by atoms with van der Waals surface area (Å²) < 4.78 is 41.5. The highest BCUT2D eigenvalue weighted by Gasteiger charge is 2.17. The van der Waals surface area contributed by atoms with Crippen molar-refractivity contribution < 1.29 is 32.6 Å². The summed E-state index contributed by atoms with van der Waals surface area (Å²) in [4.78, 5) is 23.5. The molecule has 2 aromatic rings. The van der Waals surface area contributed by atoms with Crippen LogP contribution in [0.25, 0.3) is 0 Å². The molecule has 13 heteroatoms. The number of carbonyl (C=O) groups excluding carboxylic acids is 2. The molecule has 0 heterocycles. The maximum Gasteiger partial charge on any atom is 0.443 e. The minimum absolute atomic E-state index is 0.00717. The molecule has 240 valence electrons. The number of nitrogens with two attached hydrogens (primary N) is 2. The first-order valence-electron chi connectivity index (χ1n) is 14.0. The third-order valence-electron chi connectivity index (χ3n) is 6.02. The fourth-order valence-corrected chi connectivity index (χ4v) is 6.62. The van der Waals surface area contributed by atoms with Crippen molar-refractivity contribution >= 4 is 32.0 Å². The lowest BCUT2D eigenvalue weighted by Gasteiger charge is -2.13. The quantitative estimate of drug-likeness (QED) is 0.222. The van der Waals surface area contributed by atoms with Crippen molar-refractivity contribution in [1.29, 1.82) is 0 Å². The normalized spacial score (nSPS) is 16.3. The van der Waals surface area contributed by atoms with E-state index in [-0.39, 0.29) is 29.9 Å². The van der Waals surface area contributed by atoms with Crippen LogP contribution in [0.1, 0.15) is 70.3 Å². The summed E-state index contributed by atoms with van der Waals surface area (Å²) in [5, 5.41) is 20.0. The average molecular weight is 639 g/mol. The molecule has 2 unspecified atom stereocenters. The van der Waals surface area contributed by atoms with Gasteiger partial charge in [0.2, 0.25) is 0 Å². The van der Waals surface area contributed by atoms with Gasteiger partial charge in [-0.1, -0.05) is 80.6 Å². The SMILES string of the molecule is C=CC[C@H](C)CS(N)(=O)=NC(=O)O[C@@H](C)c1ccccc1.C[C@@H](CCCO)CS(N)(=O)=NC(=O)O[C@@H](C)c1ccccc1. The minimum atomic E-state index is -3.12. The maximum atomic E-state index is 12.1. The molecular formula is C30H46N4O7S2. The van der Waals surface area contributed by atoms with Crippen molar-refractivity contribution in [3.05, 3.63) is 84.4 Å². The lowest BCUT2D eigenvalue weighted by molar-refractivity contribution is 0.116. The van der Waals surface area contributed by atoms with E-state index in [9.17, 15) is 18.0 Å². The molecule has 0 saturated carbocycles. The van der Waals surface area contributed by atoms with Crippen LogP contribution < -0.4 is 10.3 Å². The van der Waals surface area contributed by atoms with Crippen LogP contribution >= 0.6 is 0 Å². The lowest BCUT2D eigenvalue weighted by atomic mass is 10.1. The van der Waals surface area contributed by atoms with Gasteiger partial charge in [0.05, 0.1) is 0 Å². The zero-order chi connectivity index (χ0) is 32.5. The minimum Gasteiger partial charge on any atom is -0.440 e. The van der Waals surface area contributed by atoms with Crippen LogP contribution in [0, 0.1) is 11.8 Å². The fourth-order valence-electron chi connectivity index (χ4n) is 3.95. The first kappa shape index (κ1) is 37.9. The second-order valence-electron chi connectivity index (χ2n) is 10.4.